The van der Waals surface area contributed by atoms with Gasteiger partial charge in [0.1, 0.15) is 29.6 Å². The average molecular weight is 349 g/mol. The number of ether oxygens (including phenoxy) is 1. The zero-order valence-electron chi connectivity index (χ0n) is 13.6. The normalized spacial score (nSPS) is 26.4. The molecule has 0 aromatic heterocycles. The zero-order chi connectivity index (χ0) is 17.8. The van der Waals surface area contributed by atoms with Crippen LogP contribution in [0.3, 0.4) is 0 Å². The number of rotatable bonds is 5. The van der Waals surface area contributed by atoms with E-state index in [1.165, 1.54) is 30.3 Å². The van der Waals surface area contributed by atoms with Gasteiger partial charge in [0.15, 0.2) is 0 Å². The van der Waals surface area contributed by atoms with Gasteiger partial charge in [-0.1, -0.05) is 18.2 Å². The van der Waals surface area contributed by atoms with Crippen LogP contribution < -0.4 is 10.1 Å². The highest BCUT2D eigenvalue weighted by atomic mass is 19.1. The maximum absolute atomic E-state index is 13.2. The Balaban J connectivity index is 1.55. The van der Waals surface area contributed by atoms with Gasteiger partial charge >= 0.3 is 0 Å². The number of hydrogen-bond acceptors (Lipinski definition) is 4. The number of halogens is 2. The third kappa shape index (κ3) is 4.54. The fourth-order valence-corrected chi connectivity index (χ4v) is 3.06. The molecule has 1 fully saturated rings. The van der Waals surface area contributed by atoms with E-state index in [1.54, 1.807) is 18.2 Å². The van der Waals surface area contributed by atoms with Gasteiger partial charge in [-0.3, -0.25) is 0 Å². The number of benzene rings is 2. The van der Waals surface area contributed by atoms with Gasteiger partial charge in [-0.05, 0) is 42.7 Å². The minimum absolute atomic E-state index is 0.297. The minimum Gasteiger partial charge on any atom is -0.488 e. The molecule has 1 aliphatic rings. The van der Waals surface area contributed by atoms with E-state index in [1.807, 2.05) is 0 Å². The maximum atomic E-state index is 13.2. The second-order valence-electron chi connectivity index (χ2n) is 6.29. The van der Waals surface area contributed by atoms with E-state index in [-0.39, 0.29) is 11.9 Å². The predicted molar refractivity (Wildman–Crippen MR) is 89.1 cm³/mol. The van der Waals surface area contributed by atoms with Crippen LogP contribution in [-0.4, -0.2) is 34.6 Å². The Morgan fingerprint density at radius 3 is 2.44 bits per heavy atom. The van der Waals surface area contributed by atoms with Crippen molar-refractivity contribution < 1.29 is 23.7 Å². The van der Waals surface area contributed by atoms with Crippen molar-refractivity contribution in [3.05, 3.63) is 65.7 Å². The maximum Gasteiger partial charge on any atom is 0.127 e. The van der Waals surface area contributed by atoms with E-state index in [0.29, 0.717) is 25.1 Å². The Hall–Kier alpha value is -2.02. The summed E-state index contributed by atoms with van der Waals surface area (Å²) in [5, 5.41) is 23.8. The lowest BCUT2D eigenvalue weighted by molar-refractivity contribution is -0.0893. The van der Waals surface area contributed by atoms with Crippen LogP contribution in [0.1, 0.15) is 18.4 Å². The van der Waals surface area contributed by atoms with Crippen molar-refractivity contribution in [2.75, 3.05) is 0 Å². The lowest BCUT2D eigenvalue weighted by atomic mass is 9.87. The molecular weight excluding hydrogens is 328 g/mol. The van der Waals surface area contributed by atoms with Crippen molar-refractivity contribution in [2.45, 2.75) is 43.7 Å². The topological polar surface area (TPSA) is 61.7 Å². The number of nitrogens with one attached hydrogen (secondary N) is 1. The van der Waals surface area contributed by atoms with Crippen molar-refractivity contribution in [3.63, 3.8) is 0 Å². The Morgan fingerprint density at radius 1 is 0.960 bits per heavy atom. The smallest absolute Gasteiger partial charge is 0.127 e. The van der Waals surface area contributed by atoms with Crippen molar-refractivity contribution >= 4 is 0 Å². The summed E-state index contributed by atoms with van der Waals surface area (Å²) in [6, 6.07) is 11.5. The number of hydrogen-bond donors (Lipinski definition) is 3. The fourth-order valence-electron chi connectivity index (χ4n) is 3.06. The van der Waals surface area contributed by atoms with Crippen molar-refractivity contribution in [1.29, 1.82) is 0 Å². The zero-order valence-corrected chi connectivity index (χ0v) is 13.6. The van der Waals surface area contributed by atoms with Crippen LogP contribution >= 0.6 is 0 Å². The Morgan fingerprint density at radius 2 is 1.72 bits per heavy atom. The van der Waals surface area contributed by atoms with Crippen molar-refractivity contribution in [1.82, 2.24) is 5.32 Å². The lowest BCUT2D eigenvalue weighted by Crippen LogP contribution is -2.55. The molecular formula is C19H21F2NO3. The second kappa shape index (κ2) is 7.91. The van der Waals surface area contributed by atoms with Gasteiger partial charge in [0, 0.05) is 18.7 Å². The van der Waals surface area contributed by atoms with Crippen LogP contribution in [0.5, 0.6) is 5.75 Å². The first-order valence-electron chi connectivity index (χ1n) is 8.29. The standard InChI is InChI=1S/C19H21F2NO3/c20-13-6-4-12(5-7-13)11-22-16-8-9-17(19(24)18(16)23)25-15-3-1-2-14(21)10-15/h1-7,10,16-19,22-24H,8-9,11H2/t16-,17-,18-,19-/m1/s1. The Labute approximate surface area is 145 Å². The molecule has 6 heteroatoms. The molecule has 1 aliphatic carbocycles. The summed E-state index contributed by atoms with van der Waals surface area (Å²) in [4.78, 5) is 0. The first kappa shape index (κ1) is 17.8. The van der Waals surface area contributed by atoms with Gasteiger partial charge in [0.25, 0.3) is 0 Å². The molecule has 0 unspecified atom stereocenters. The summed E-state index contributed by atoms with van der Waals surface area (Å²) >= 11 is 0. The van der Waals surface area contributed by atoms with Gasteiger partial charge in [0.2, 0.25) is 0 Å². The SMILES string of the molecule is O[C@H]1[C@H](O)[C@H](Oc2cccc(F)c2)CC[C@H]1NCc1ccc(F)cc1. The molecule has 2 aromatic rings. The van der Waals surface area contributed by atoms with Crippen LogP contribution in [0.2, 0.25) is 0 Å². The molecule has 0 bridgehead atoms. The van der Waals surface area contributed by atoms with E-state index < -0.39 is 24.1 Å². The number of aliphatic hydroxyl groups is 2. The van der Waals surface area contributed by atoms with E-state index in [0.717, 1.165) is 5.56 Å². The Bertz CT molecular complexity index is 695. The largest absolute Gasteiger partial charge is 0.488 e. The van der Waals surface area contributed by atoms with E-state index in [4.69, 9.17) is 4.74 Å². The summed E-state index contributed by atoms with van der Waals surface area (Å²) < 4.78 is 31.8. The lowest BCUT2D eigenvalue weighted by Gasteiger charge is -2.38. The summed E-state index contributed by atoms with van der Waals surface area (Å²) in [7, 11) is 0. The molecule has 3 rings (SSSR count). The van der Waals surface area contributed by atoms with Crippen LogP contribution in [0.15, 0.2) is 48.5 Å². The molecule has 0 heterocycles. The molecule has 0 spiro atoms. The molecule has 4 nitrogen and oxygen atoms in total. The third-order valence-electron chi connectivity index (χ3n) is 4.47. The van der Waals surface area contributed by atoms with Crippen molar-refractivity contribution in [2.24, 2.45) is 0 Å². The molecule has 3 N–H and O–H groups in total. The van der Waals surface area contributed by atoms with Gasteiger partial charge < -0.3 is 20.3 Å². The van der Waals surface area contributed by atoms with Crippen LogP contribution in [-0.2, 0) is 6.54 Å². The quantitative estimate of drug-likeness (QED) is 0.776. The fraction of sp³-hybridized carbons (Fsp3) is 0.368. The molecule has 0 amide bonds. The van der Waals surface area contributed by atoms with Gasteiger partial charge in [-0.25, -0.2) is 8.78 Å². The molecule has 0 saturated heterocycles. The van der Waals surface area contributed by atoms with Gasteiger partial charge in [0.05, 0.1) is 6.10 Å². The van der Waals surface area contributed by atoms with E-state index in [2.05, 4.69) is 5.32 Å². The highest BCUT2D eigenvalue weighted by Gasteiger charge is 2.38. The summed E-state index contributed by atoms with van der Waals surface area (Å²) in [6.07, 6.45) is -1.56. The molecule has 0 radical (unpaired) electrons. The second-order valence-corrected chi connectivity index (χ2v) is 6.29. The predicted octanol–water partition coefficient (Wildman–Crippen LogP) is 2.39. The van der Waals surface area contributed by atoms with Crippen LogP contribution in [0.4, 0.5) is 8.78 Å². The first-order chi connectivity index (χ1) is 12.0. The van der Waals surface area contributed by atoms with Gasteiger partial charge in [-0.15, -0.1) is 0 Å². The molecule has 2 aromatic carbocycles. The monoisotopic (exact) mass is 349 g/mol. The van der Waals surface area contributed by atoms with Crippen LogP contribution in [0, 0.1) is 11.6 Å². The van der Waals surface area contributed by atoms with E-state index in [9.17, 15) is 19.0 Å². The van der Waals surface area contributed by atoms with Gasteiger partial charge in [-0.2, -0.15) is 0 Å². The first-order valence-corrected chi connectivity index (χ1v) is 8.29. The van der Waals surface area contributed by atoms with Crippen molar-refractivity contribution in [3.8, 4) is 5.75 Å². The highest BCUT2D eigenvalue weighted by Crippen LogP contribution is 2.25. The van der Waals surface area contributed by atoms with Crippen LogP contribution in [0.25, 0.3) is 0 Å². The Kier molecular flexibility index (Phi) is 5.63. The summed E-state index contributed by atoms with van der Waals surface area (Å²) in [5.74, 6) is -0.384. The molecule has 4 atom stereocenters. The molecule has 1 saturated carbocycles. The number of aliphatic hydroxyl groups excluding tert-OH is 2. The minimum atomic E-state index is -1.08. The summed E-state index contributed by atoms with van der Waals surface area (Å²) in [5.41, 5.74) is 0.890. The third-order valence-corrected chi connectivity index (χ3v) is 4.47. The average Bonchev–Trinajstić information content (AvgIpc) is 2.60. The molecule has 25 heavy (non-hydrogen) atoms. The molecule has 0 aliphatic heterocycles. The highest BCUT2D eigenvalue weighted by molar-refractivity contribution is 5.23. The van der Waals surface area contributed by atoms with E-state index >= 15 is 0 Å². The summed E-state index contributed by atoms with van der Waals surface area (Å²) in [6.45, 7) is 0.462. The molecule has 134 valence electrons.